The van der Waals surface area contributed by atoms with Crippen LogP contribution in [0.5, 0.6) is 0 Å². The molecule has 0 saturated heterocycles. The van der Waals surface area contributed by atoms with Gasteiger partial charge in [0.2, 0.25) is 0 Å². The Bertz CT molecular complexity index is 617. The number of hydrogen-bond acceptors (Lipinski definition) is 2. The highest BCUT2D eigenvalue weighted by Gasteiger charge is 2.20. The first-order valence-electron chi connectivity index (χ1n) is 7.36. The molecule has 0 unspecified atom stereocenters. The number of fused-ring (bicyclic) bond motifs is 2. The van der Waals surface area contributed by atoms with Crippen molar-refractivity contribution in [2.45, 2.75) is 47.1 Å². The lowest BCUT2D eigenvalue weighted by molar-refractivity contribution is 0.279. The molecule has 2 nitrogen and oxygen atoms in total. The molecule has 0 radical (unpaired) electrons. The highest BCUT2D eigenvalue weighted by atomic mass is 16.3. The molecule has 1 aromatic carbocycles. The van der Waals surface area contributed by atoms with Crippen molar-refractivity contribution in [1.29, 1.82) is 0 Å². The molecule has 1 N–H and O–H groups in total. The monoisotopic (exact) mass is 269 g/mol. The maximum Gasteiger partial charge on any atom is 0.0702 e. The van der Waals surface area contributed by atoms with Gasteiger partial charge >= 0.3 is 0 Å². The van der Waals surface area contributed by atoms with Crippen molar-refractivity contribution in [3.63, 3.8) is 0 Å². The standard InChI is InChI=1S/C16H17NO.C2H6/c1-10-14-7-12-5-3-4-6-13(12)8-16(14)17-11(2)15(10)9-18;1-2/h3-6,18H,7-9H2,1-2H3;1-2H3. The van der Waals surface area contributed by atoms with Crippen LogP contribution in [0, 0.1) is 13.8 Å². The summed E-state index contributed by atoms with van der Waals surface area (Å²) in [5.41, 5.74) is 8.44. The molecule has 106 valence electrons. The fourth-order valence-corrected chi connectivity index (χ4v) is 2.89. The van der Waals surface area contributed by atoms with Gasteiger partial charge in [-0.3, -0.25) is 4.98 Å². The van der Waals surface area contributed by atoms with Gasteiger partial charge in [-0.25, -0.2) is 0 Å². The number of aryl methyl sites for hydroxylation is 1. The molecule has 1 heterocycles. The second kappa shape index (κ2) is 6.19. The minimum absolute atomic E-state index is 0.0829. The Kier molecular flexibility index (Phi) is 4.56. The maximum absolute atomic E-state index is 9.46. The largest absolute Gasteiger partial charge is 0.392 e. The van der Waals surface area contributed by atoms with Gasteiger partial charge < -0.3 is 5.11 Å². The normalized spacial score (nSPS) is 12.1. The Labute approximate surface area is 121 Å². The van der Waals surface area contributed by atoms with Gasteiger partial charge in [-0.15, -0.1) is 0 Å². The zero-order valence-corrected chi connectivity index (χ0v) is 12.8. The van der Waals surface area contributed by atoms with E-state index >= 15 is 0 Å². The van der Waals surface area contributed by atoms with Crippen molar-refractivity contribution in [1.82, 2.24) is 4.98 Å². The van der Waals surface area contributed by atoms with Gasteiger partial charge in [-0.05, 0) is 42.5 Å². The summed E-state index contributed by atoms with van der Waals surface area (Å²) < 4.78 is 0. The van der Waals surface area contributed by atoms with Crippen LogP contribution in [0.3, 0.4) is 0 Å². The number of nitrogens with zero attached hydrogens (tertiary/aromatic N) is 1. The third kappa shape index (κ3) is 2.48. The maximum atomic E-state index is 9.46. The van der Waals surface area contributed by atoms with Crippen LogP contribution in [-0.2, 0) is 19.4 Å². The SMILES string of the molecule is CC.Cc1nc2c(c(C)c1CO)Cc1ccccc1C2. The Morgan fingerprint density at radius 3 is 2.25 bits per heavy atom. The second-order valence-electron chi connectivity index (χ2n) is 5.01. The van der Waals surface area contributed by atoms with Crippen LogP contribution in [0.1, 0.15) is 53.1 Å². The molecule has 3 rings (SSSR count). The fraction of sp³-hybridized carbons (Fsp3) is 0.389. The van der Waals surface area contributed by atoms with Crippen LogP contribution in [0.4, 0.5) is 0 Å². The molecule has 0 aliphatic heterocycles. The second-order valence-corrected chi connectivity index (χ2v) is 5.01. The van der Waals surface area contributed by atoms with Gasteiger partial charge in [-0.1, -0.05) is 38.1 Å². The van der Waals surface area contributed by atoms with Gasteiger partial charge in [-0.2, -0.15) is 0 Å². The summed E-state index contributed by atoms with van der Waals surface area (Å²) in [6, 6.07) is 8.56. The first-order chi connectivity index (χ1) is 9.70. The third-order valence-electron chi connectivity index (χ3n) is 3.99. The minimum atomic E-state index is 0.0829. The molecule has 20 heavy (non-hydrogen) atoms. The van der Waals surface area contributed by atoms with Crippen LogP contribution >= 0.6 is 0 Å². The Morgan fingerprint density at radius 1 is 1.05 bits per heavy atom. The number of aliphatic hydroxyl groups is 1. The molecule has 2 heteroatoms. The zero-order valence-electron chi connectivity index (χ0n) is 12.8. The summed E-state index contributed by atoms with van der Waals surface area (Å²) in [5, 5.41) is 9.46. The van der Waals surface area contributed by atoms with E-state index in [0.717, 1.165) is 24.1 Å². The topological polar surface area (TPSA) is 33.1 Å². The molecule has 0 amide bonds. The molecule has 1 aliphatic carbocycles. The lowest BCUT2D eigenvalue weighted by Gasteiger charge is -2.23. The van der Waals surface area contributed by atoms with E-state index in [-0.39, 0.29) is 6.61 Å². The lowest BCUT2D eigenvalue weighted by Crippen LogP contribution is -2.14. The predicted molar refractivity (Wildman–Crippen MR) is 83.0 cm³/mol. The summed E-state index contributed by atoms with van der Waals surface area (Å²) in [7, 11) is 0. The van der Waals surface area contributed by atoms with Crippen molar-refractivity contribution in [3.05, 3.63) is 63.5 Å². The lowest BCUT2D eigenvalue weighted by atomic mass is 9.85. The number of benzene rings is 1. The molecule has 2 aromatic rings. The molecule has 0 saturated carbocycles. The van der Waals surface area contributed by atoms with Crippen LogP contribution in [0.25, 0.3) is 0 Å². The summed E-state index contributed by atoms with van der Waals surface area (Å²) in [6.07, 6.45) is 1.86. The molecule has 1 aromatic heterocycles. The van der Waals surface area contributed by atoms with E-state index in [1.165, 1.54) is 27.9 Å². The number of rotatable bonds is 1. The molecular weight excluding hydrogens is 246 g/mol. The van der Waals surface area contributed by atoms with E-state index in [1.54, 1.807) is 0 Å². The van der Waals surface area contributed by atoms with Crippen molar-refractivity contribution in [2.75, 3.05) is 0 Å². The predicted octanol–water partition coefficient (Wildman–Crippen LogP) is 3.71. The number of hydrogen-bond donors (Lipinski definition) is 1. The van der Waals surface area contributed by atoms with Crippen molar-refractivity contribution >= 4 is 0 Å². The Hall–Kier alpha value is -1.67. The van der Waals surface area contributed by atoms with E-state index in [9.17, 15) is 5.11 Å². The first kappa shape index (κ1) is 14.7. The molecule has 0 atom stereocenters. The van der Waals surface area contributed by atoms with E-state index in [0.29, 0.717) is 0 Å². The quantitative estimate of drug-likeness (QED) is 0.730. The van der Waals surface area contributed by atoms with E-state index in [2.05, 4.69) is 36.2 Å². The first-order valence-corrected chi connectivity index (χ1v) is 7.36. The minimum Gasteiger partial charge on any atom is -0.392 e. The van der Waals surface area contributed by atoms with Crippen LogP contribution in [0.2, 0.25) is 0 Å². The van der Waals surface area contributed by atoms with Crippen LogP contribution < -0.4 is 0 Å². The van der Waals surface area contributed by atoms with Gasteiger partial charge in [0.05, 0.1) is 6.61 Å². The number of pyridine rings is 1. The molecule has 0 bridgehead atoms. The summed E-state index contributed by atoms with van der Waals surface area (Å²) >= 11 is 0. The van der Waals surface area contributed by atoms with Crippen LogP contribution in [0.15, 0.2) is 24.3 Å². The molecule has 0 spiro atoms. The highest BCUT2D eigenvalue weighted by molar-refractivity contribution is 5.48. The van der Waals surface area contributed by atoms with E-state index < -0.39 is 0 Å². The van der Waals surface area contributed by atoms with Gasteiger partial charge in [0.1, 0.15) is 0 Å². The third-order valence-corrected chi connectivity index (χ3v) is 3.99. The van der Waals surface area contributed by atoms with Gasteiger partial charge in [0.25, 0.3) is 0 Å². The van der Waals surface area contributed by atoms with Crippen molar-refractivity contribution < 1.29 is 5.11 Å². The Morgan fingerprint density at radius 2 is 1.65 bits per heavy atom. The van der Waals surface area contributed by atoms with Crippen LogP contribution in [-0.4, -0.2) is 10.1 Å². The van der Waals surface area contributed by atoms with Gasteiger partial charge in [0.15, 0.2) is 0 Å². The highest BCUT2D eigenvalue weighted by Crippen LogP contribution is 2.30. The summed E-state index contributed by atoms with van der Waals surface area (Å²) in [5.74, 6) is 0. The summed E-state index contributed by atoms with van der Waals surface area (Å²) in [4.78, 5) is 4.68. The number of aliphatic hydroxyl groups excluding tert-OH is 1. The van der Waals surface area contributed by atoms with Crippen molar-refractivity contribution in [3.8, 4) is 0 Å². The average Bonchev–Trinajstić information content (AvgIpc) is 2.48. The van der Waals surface area contributed by atoms with E-state index in [4.69, 9.17) is 0 Å². The smallest absolute Gasteiger partial charge is 0.0702 e. The molecular formula is C18H23NO. The molecule has 1 aliphatic rings. The summed E-state index contributed by atoms with van der Waals surface area (Å²) in [6.45, 7) is 8.17. The fourth-order valence-electron chi connectivity index (χ4n) is 2.89. The van der Waals surface area contributed by atoms with E-state index in [1.807, 2.05) is 20.8 Å². The zero-order chi connectivity index (χ0) is 14.7. The average molecular weight is 269 g/mol. The van der Waals surface area contributed by atoms with Crippen molar-refractivity contribution in [2.24, 2.45) is 0 Å². The molecule has 0 fully saturated rings. The number of aromatic nitrogens is 1. The Balaban J connectivity index is 0.000000704. The van der Waals surface area contributed by atoms with Gasteiger partial charge in [0, 0.05) is 23.4 Å².